The predicted molar refractivity (Wildman–Crippen MR) is 80.5 cm³/mol. The molecule has 0 unspecified atom stereocenters. The average Bonchev–Trinajstić information content (AvgIpc) is 3.07. The van der Waals surface area contributed by atoms with E-state index in [9.17, 15) is 10.1 Å². The van der Waals surface area contributed by atoms with E-state index in [0.29, 0.717) is 22.7 Å². The van der Waals surface area contributed by atoms with E-state index < -0.39 is 11.5 Å². The van der Waals surface area contributed by atoms with E-state index >= 15 is 0 Å². The number of nitrogens with two attached hydrogens (primary N) is 1. The van der Waals surface area contributed by atoms with Gasteiger partial charge in [0.15, 0.2) is 0 Å². The monoisotopic (exact) mass is 306 g/mol. The van der Waals surface area contributed by atoms with Crippen LogP contribution in [0.25, 0.3) is 11.0 Å². The summed E-state index contributed by atoms with van der Waals surface area (Å²) in [4.78, 5) is 11.6. The zero-order chi connectivity index (χ0) is 16.0. The van der Waals surface area contributed by atoms with Crippen LogP contribution in [0, 0.1) is 11.3 Å². The number of rotatable bonds is 1. The molecule has 6 heteroatoms. The molecule has 2 aromatic heterocycles. The second kappa shape index (κ2) is 4.78. The van der Waals surface area contributed by atoms with Crippen molar-refractivity contribution in [3.05, 3.63) is 75.9 Å². The summed E-state index contributed by atoms with van der Waals surface area (Å²) in [5.74, 6) is 0.379. The van der Waals surface area contributed by atoms with Crippen LogP contribution in [0.5, 0.6) is 5.75 Å². The van der Waals surface area contributed by atoms with Crippen molar-refractivity contribution in [2.45, 2.75) is 5.92 Å². The van der Waals surface area contributed by atoms with E-state index in [1.54, 1.807) is 30.3 Å². The van der Waals surface area contributed by atoms with E-state index in [-0.39, 0.29) is 11.5 Å². The summed E-state index contributed by atoms with van der Waals surface area (Å²) in [5.41, 5.74) is 6.52. The second-order valence-electron chi connectivity index (χ2n) is 5.09. The van der Waals surface area contributed by atoms with Gasteiger partial charge >= 0.3 is 5.63 Å². The molecule has 3 aromatic rings. The number of hydrogen-bond donors (Lipinski definition) is 1. The molecule has 2 N–H and O–H groups in total. The largest absolute Gasteiger partial charge is 0.468 e. The molecule has 0 aliphatic carbocycles. The van der Waals surface area contributed by atoms with Gasteiger partial charge in [-0.25, -0.2) is 4.79 Å². The number of benzene rings is 1. The lowest BCUT2D eigenvalue weighted by atomic mass is 9.86. The summed E-state index contributed by atoms with van der Waals surface area (Å²) in [6.07, 6.45) is 1.51. The highest BCUT2D eigenvalue weighted by molar-refractivity contribution is 5.84. The Balaban J connectivity index is 2.11. The van der Waals surface area contributed by atoms with Crippen LogP contribution in [-0.2, 0) is 0 Å². The molecule has 0 bridgehead atoms. The quantitative estimate of drug-likeness (QED) is 0.693. The number of allylic oxidation sites excluding steroid dienone is 1. The highest BCUT2D eigenvalue weighted by Gasteiger charge is 2.35. The molecule has 3 heterocycles. The normalized spacial score (nSPS) is 16.7. The molecule has 4 rings (SSSR count). The number of ether oxygens (including phenoxy) is 1. The molecule has 1 atom stereocenters. The molecule has 0 saturated carbocycles. The Bertz CT molecular complexity index is 1040. The van der Waals surface area contributed by atoms with Gasteiger partial charge in [0.2, 0.25) is 5.88 Å². The fourth-order valence-electron chi connectivity index (χ4n) is 2.82. The third kappa shape index (κ3) is 1.91. The summed E-state index contributed by atoms with van der Waals surface area (Å²) >= 11 is 0. The van der Waals surface area contributed by atoms with Crippen molar-refractivity contribution >= 4 is 11.0 Å². The lowest BCUT2D eigenvalue weighted by Gasteiger charge is -2.25. The topological polar surface area (TPSA) is 102 Å². The number of nitrogens with zero attached hydrogens (tertiary/aromatic N) is 1. The first-order chi connectivity index (χ1) is 11.2. The molecule has 0 radical (unpaired) electrons. The fraction of sp³-hybridized carbons (Fsp3) is 0.0588. The van der Waals surface area contributed by atoms with Crippen molar-refractivity contribution in [2.75, 3.05) is 0 Å². The Morgan fingerprint density at radius 2 is 2.00 bits per heavy atom. The maximum Gasteiger partial charge on any atom is 0.336 e. The zero-order valence-corrected chi connectivity index (χ0v) is 11.8. The van der Waals surface area contributed by atoms with Gasteiger partial charge in [-0.1, -0.05) is 0 Å². The average molecular weight is 306 g/mol. The van der Waals surface area contributed by atoms with Gasteiger partial charge in [-0.2, -0.15) is 5.26 Å². The Morgan fingerprint density at radius 3 is 2.74 bits per heavy atom. The minimum Gasteiger partial charge on any atom is -0.468 e. The zero-order valence-electron chi connectivity index (χ0n) is 11.8. The highest BCUT2D eigenvalue weighted by Crippen LogP contribution is 2.45. The Hall–Kier alpha value is -3.46. The summed E-state index contributed by atoms with van der Waals surface area (Å²) in [6, 6.07) is 12.0. The van der Waals surface area contributed by atoms with Crippen molar-refractivity contribution in [3.8, 4) is 11.8 Å². The third-order valence-corrected chi connectivity index (χ3v) is 3.80. The third-order valence-electron chi connectivity index (χ3n) is 3.80. The van der Waals surface area contributed by atoms with Crippen molar-refractivity contribution in [3.63, 3.8) is 0 Å². The first kappa shape index (κ1) is 13.2. The molecule has 0 spiro atoms. The van der Waals surface area contributed by atoms with E-state index in [2.05, 4.69) is 6.07 Å². The minimum absolute atomic E-state index is 0.0130. The van der Waals surface area contributed by atoms with Crippen molar-refractivity contribution in [1.29, 1.82) is 5.26 Å². The smallest absolute Gasteiger partial charge is 0.336 e. The SMILES string of the molecule is N#CC1=C(N)Oc2ccc3ccc(=O)oc3c2[C@H]1c1ccco1. The van der Waals surface area contributed by atoms with Crippen LogP contribution in [0.3, 0.4) is 0 Å². The molecule has 112 valence electrons. The van der Waals surface area contributed by atoms with Crippen LogP contribution in [0.4, 0.5) is 0 Å². The van der Waals surface area contributed by atoms with Crippen molar-refractivity contribution in [1.82, 2.24) is 0 Å². The van der Waals surface area contributed by atoms with Crippen molar-refractivity contribution in [2.24, 2.45) is 5.73 Å². The summed E-state index contributed by atoms with van der Waals surface area (Å²) in [7, 11) is 0. The molecule has 0 amide bonds. The molecule has 1 aromatic carbocycles. The Labute approximate surface area is 130 Å². The second-order valence-corrected chi connectivity index (χ2v) is 5.09. The van der Waals surface area contributed by atoms with E-state index in [1.165, 1.54) is 12.3 Å². The number of hydrogen-bond acceptors (Lipinski definition) is 6. The molecule has 0 fully saturated rings. The van der Waals surface area contributed by atoms with Gasteiger partial charge in [0.05, 0.1) is 17.7 Å². The van der Waals surface area contributed by atoms with Crippen molar-refractivity contribution < 1.29 is 13.6 Å². The predicted octanol–water partition coefficient (Wildman–Crippen LogP) is 2.60. The summed E-state index contributed by atoms with van der Waals surface area (Å²) in [5, 5.41) is 10.2. The van der Waals surface area contributed by atoms with Crippen LogP contribution in [-0.4, -0.2) is 0 Å². The Morgan fingerprint density at radius 1 is 1.17 bits per heavy atom. The van der Waals surface area contributed by atoms with Crippen LogP contribution in [0.1, 0.15) is 17.2 Å². The molecule has 23 heavy (non-hydrogen) atoms. The molecular weight excluding hydrogens is 296 g/mol. The van der Waals surface area contributed by atoms with Crippen LogP contribution < -0.4 is 16.1 Å². The van der Waals surface area contributed by atoms with Gasteiger partial charge < -0.3 is 19.3 Å². The maximum absolute atomic E-state index is 11.6. The van der Waals surface area contributed by atoms with Gasteiger partial charge in [-0.15, -0.1) is 0 Å². The fourth-order valence-corrected chi connectivity index (χ4v) is 2.82. The lowest BCUT2D eigenvalue weighted by Crippen LogP contribution is -2.21. The van der Waals surface area contributed by atoms with Gasteiger partial charge in [0, 0.05) is 11.5 Å². The molecule has 1 aliphatic heterocycles. The molecule has 6 nitrogen and oxygen atoms in total. The van der Waals surface area contributed by atoms with E-state index in [4.69, 9.17) is 19.3 Å². The lowest BCUT2D eigenvalue weighted by molar-refractivity contribution is 0.382. The standard InChI is InChI=1S/C17H10N2O4/c18-8-10-14(11-2-1-7-21-11)15-12(22-17(10)19)5-3-9-4-6-13(20)23-16(9)15/h1-7,14H,19H2/t14-/m1/s1. The highest BCUT2D eigenvalue weighted by atomic mass is 16.5. The summed E-state index contributed by atoms with van der Waals surface area (Å²) < 4.78 is 16.4. The molecule has 0 saturated heterocycles. The van der Waals surface area contributed by atoms with Crippen LogP contribution in [0.15, 0.2) is 67.7 Å². The molecular formula is C17H10N2O4. The number of fused-ring (bicyclic) bond motifs is 3. The first-order valence-electron chi connectivity index (χ1n) is 6.87. The number of furan rings is 1. The van der Waals surface area contributed by atoms with Crippen LogP contribution in [0.2, 0.25) is 0 Å². The number of nitriles is 1. The van der Waals surface area contributed by atoms with E-state index in [1.807, 2.05) is 0 Å². The van der Waals surface area contributed by atoms with Gasteiger partial charge in [-0.05, 0) is 30.3 Å². The summed E-state index contributed by atoms with van der Waals surface area (Å²) in [6.45, 7) is 0. The van der Waals surface area contributed by atoms with E-state index in [0.717, 1.165) is 5.39 Å². The van der Waals surface area contributed by atoms with Crippen LogP contribution >= 0.6 is 0 Å². The van der Waals surface area contributed by atoms with Gasteiger partial charge in [0.1, 0.15) is 28.7 Å². The molecule has 1 aliphatic rings. The Kier molecular flexibility index (Phi) is 2.75. The first-order valence-corrected chi connectivity index (χ1v) is 6.87. The maximum atomic E-state index is 11.6. The van der Waals surface area contributed by atoms with Gasteiger partial charge in [-0.3, -0.25) is 0 Å². The minimum atomic E-state index is -0.590. The van der Waals surface area contributed by atoms with Gasteiger partial charge in [0.25, 0.3) is 0 Å².